The highest BCUT2D eigenvalue weighted by atomic mass is 16.3. The number of hydrogen-bond donors (Lipinski definition) is 2. The van der Waals surface area contributed by atoms with Crippen molar-refractivity contribution in [3.05, 3.63) is 22.2 Å². The van der Waals surface area contributed by atoms with Gasteiger partial charge in [0.15, 0.2) is 0 Å². The molecule has 5 nitrogen and oxygen atoms in total. The summed E-state index contributed by atoms with van der Waals surface area (Å²) in [4.78, 5) is 20.7. The largest absolute Gasteiger partial charge is 0.390 e. The van der Waals surface area contributed by atoms with Crippen LogP contribution in [0.4, 0.5) is 5.82 Å². The van der Waals surface area contributed by atoms with E-state index in [2.05, 4.69) is 14.9 Å². The van der Waals surface area contributed by atoms with E-state index in [9.17, 15) is 9.90 Å². The number of rotatable bonds is 2. The van der Waals surface area contributed by atoms with Gasteiger partial charge in [0.05, 0.1) is 5.60 Å². The molecule has 0 saturated carbocycles. The molecular formula is C12H19N3O2. The first-order chi connectivity index (χ1) is 8.00. The molecule has 0 atom stereocenters. The second kappa shape index (κ2) is 4.49. The van der Waals surface area contributed by atoms with Gasteiger partial charge in [-0.3, -0.25) is 4.79 Å². The Bertz CT molecular complexity index is 443. The third-order valence-electron chi connectivity index (χ3n) is 3.28. The van der Waals surface area contributed by atoms with Crippen molar-refractivity contribution in [1.82, 2.24) is 9.97 Å². The van der Waals surface area contributed by atoms with Crippen molar-refractivity contribution in [2.24, 2.45) is 0 Å². The zero-order valence-corrected chi connectivity index (χ0v) is 10.4. The lowest BCUT2D eigenvalue weighted by atomic mass is 9.94. The van der Waals surface area contributed by atoms with Crippen molar-refractivity contribution < 1.29 is 5.11 Å². The highest BCUT2D eigenvalue weighted by Crippen LogP contribution is 2.23. The summed E-state index contributed by atoms with van der Waals surface area (Å²) >= 11 is 0. The second-order valence-corrected chi connectivity index (χ2v) is 4.89. The van der Waals surface area contributed by atoms with Gasteiger partial charge in [-0.05, 0) is 19.8 Å². The van der Waals surface area contributed by atoms with E-state index in [0.29, 0.717) is 25.1 Å². The molecule has 2 N–H and O–H groups in total. The van der Waals surface area contributed by atoms with Gasteiger partial charge in [0, 0.05) is 25.6 Å². The summed E-state index contributed by atoms with van der Waals surface area (Å²) in [5.41, 5.74) is -0.685. The van der Waals surface area contributed by atoms with Crippen molar-refractivity contribution >= 4 is 5.82 Å². The van der Waals surface area contributed by atoms with Gasteiger partial charge in [-0.25, -0.2) is 4.98 Å². The van der Waals surface area contributed by atoms with Crippen LogP contribution in [0.5, 0.6) is 0 Å². The molecule has 0 radical (unpaired) electrons. The fraction of sp³-hybridized carbons (Fsp3) is 0.667. The van der Waals surface area contributed by atoms with E-state index in [1.165, 1.54) is 6.07 Å². The zero-order chi connectivity index (χ0) is 12.5. The monoisotopic (exact) mass is 237 g/mol. The Morgan fingerprint density at radius 3 is 2.76 bits per heavy atom. The van der Waals surface area contributed by atoms with Gasteiger partial charge in [0.1, 0.15) is 11.6 Å². The lowest BCUT2D eigenvalue weighted by Gasteiger charge is -2.36. The molecular weight excluding hydrogens is 218 g/mol. The number of nitrogens with one attached hydrogen (secondary N) is 1. The fourth-order valence-corrected chi connectivity index (χ4v) is 2.04. The standard InChI is InChI=1S/C12H19N3O2/c1-3-9-13-10(8-11(16)14-9)15-6-4-12(2,17)5-7-15/h8,17H,3-7H2,1-2H3,(H,13,14,16). The fourth-order valence-electron chi connectivity index (χ4n) is 2.04. The molecule has 1 fully saturated rings. The summed E-state index contributed by atoms with van der Waals surface area (Å²) in [6, 6.07) is 1.53. The first-order valence-corrected chi connectivity index (χ1v) is 6.08. The van der Waals surface area contributed by atoms with Gasteiger partial charge >= 0.3 is 0 Å². The van der Waals surface area contributed by atoms with Gasteiger partial charge in [-0.15, -0.1) is 0 Å². The topological polar surface area (TPSA) is 69.2 Å². The molecule has 2 heterocycles. The SMILES string of the molecule is CCc1nc(N2CCC(C)(O)CC2)cc(=O)[nH]1. The third kappa shape index (κ3) is 2.85. The number of aromatic amines is 1. The number of aromatic nitrogens is 2. The molecule has 0 aromatic carbocycles. The lowest BCUT2D eigenvalue weighted by Crippen LogP contribution is -2.43. The first kappa shape index (κ1) is 12.1. The maximum atomic E-state index is 11.5. The number of H-pyrrole nitrogens is 1. The van der Waals surface area contributed by atoms with Gasteiger partial charge in [-0.2, -0.15) is 0 Å². The summed E-state index contributed by atoms with van der Waals surface area (Å²) in [5, 5.41) is 9.88. The molecule has 94 valence electrons. The molecule has 0 bridgehead atoms. The van der Waals surface area contributed by atoms with E-state index in [1.807, 2.05) is 13.8 Å². The molecule has 0 unspecified atom stereocenters. The predicted octanol–water partition coefficient (Wildman–Crippen LogP) is 0.684. The number of anilines is 1. The number of aliphatic hydroxyl groups is 1. The van der Waals surface area contributed by atoms with Crippen LogP contribution in [0.2, 0.25) is 0 Å². The van der Waals surface area contributed by atoms with Crippen LogP contribution in [-0.2, 0) is 6.42 Å². The Labute approximate surface area is 100 Å². The minimum atomic E-state index is -0.578. The van der Waals surface area contributed by atoms with Gasteiger partial charge in [0.25, 0.3) is 5.56 Å². The van der Waals surface area contributed by atoms with Crippen LogP contribution in [0.1, 0.15) is 32.5 Å². The van der Waals surface area contributed by atoms with E-state index >= 15 is 0 Å². The molecule has 1 aliphatic rings. The summed E-state index contributed by atoms with van der Waals surface area (Å²) in [7, 11) is 0. The molecule has 0 amide bonds. The Morgan fingerprint density at radius 2 is 2.18 bits per heavy atom. The Balaban J connectivity index is 2.18. The van der Waals surface area contributed by atoms with Crippen LogP contribution >= 0.6 is 0 Å². The lowest BCUT2D eigenvalue weighted by molar-refractivity contribution is 0.0350. The molecule has 1 saturated heterocycles. The van der Waals surface area contributed by atoms with Crippen LogP contribution in [0.25, 0.3) is 0 Å². The Morgan fingerprint density at radius 1 is 1.53 bits per heavy atom. The van der Waals surface area contributed by atoms with Crippen molar-refractivity contribution in [3.63, 3.8) is 0 Å². The summed E-state index contributed by atoms with van der Waals surface area (Å²) in [5.74, 6) is 1.44. The Kier molecular flexibility index (Phi) is 3.19. The number of piperidine rings is 1. The molecule has 0 aliphatic carbocycles. The van der Waals surface area contributed by atoms with E-state index < -0.39 is 5.60 Å². The predicted molar refractivity (Wildman–Crippen MR) is 66.3 cm³/mol. The Hall–Kier alpha value is -1.36. The minimum Gasteiger partial charge on any atom is -0.390 e. The van der Waals surface area contributed by atoms with Crippen LogP contribution in [0, 0.1) is 0 Å². The van der Waals surface area contributed by atoms with Crippen molar-refractivity contribution in [2.75, 3.05) is 18.0 Å². The highest BCUT2D eigenvalue weighted by molar-refractivity contribution is 5.38. The quantitative estimate of drug-likeness (QED) is 0.793. The second-order valence-electron chi connectivity index (χ2n) is 4.89. The maximum Gasteiger partial charge on any atom is 0.252 e. The van der Waals surface area contributed by atoms with Crippen molar-refractivity contribution in [3.8, 4) is 0 Å². The molecule has 0 spiro atoms. The molecule has 17 heavy (non-hydrogen) atoms. The zero-order valence-electron chi connectivity index (χ0n) is 10.4. The number of aryl methyl sites for hydroxylation is 1. The summed E-state index contributed by atoms with van der Waals surface area (Å²) in [6.45, 7) is 5.30. The van der Waals surface area contributed by atoms with Crippen LogP contribution in [0.3, 0.4) is 0 Å². The number of hydrogen-bond acceptors (Lipinski definition) is 4. The van der Waals surface area contributed by atoms with Crippen LogP contribution in [0.15, 0.2) is 10.9 Å². The normalized spacial score (nSPS) is 19.4. The molecule has 1 aliphatic heterocycles. The average molecular weight is 237 g/mol. The van der Waals surface area contributed by atoms with Gasteiger partial charge in [0.2, 0.25) is 0 Å². The van der Waals surface area contributed by atoms with Crippen molar-refractivity contribution in [1.29, 1.82) is 0 Å². The minimum absolute atomic E-state index is 0.107. The summed E-state index contributed by atoms with van der Waals surface area (Å²) in [6.07, 6.45) is 2.14. The highest BCUT2D eigenvalue weighted by Gasteiger charge is 2.28. The van der Waals surface area contributed by atoms with Crippen LogP contribution < -0.4 is 10.5 Å². The van der Waals surface area contributed by atoms with Gasteiger partial charge < -0.3 is 15.0 Å². The van der Waals surface area contributed by atoms with Crippen LogP contribution in [-0.4, -0.2) is 33.8 Å². The maximum absolute atomic E-state index is 11.5. The smallest absolute Gasteiger partial charge is 0.252 e. The third-order valence-corrected chi connectivity index (χ3v) is 3.28. The summed E-state index contributed by atoms with van der Waals surface area (Å²) < 4.78 is 0. The van der Waals surface area contributed by atoms with Crippen molar-refractivity contribution in [2.45, 2.75) is 38.7 Å². The van der Waals surface area contributed by atoms with Gasteiger partial charge in [-0.1, -0.05) is 6.92 Å². The number of nitrogens with zero attached hydrogens (tertiary/aromatic N) is 2. The molecule has 1 aromatic rings. The first-order valence-electron chi connectivity index (χ1n) is 6.08. The molecule has 2 rings (SSSR count). The molecule has 1 aromatic heterocycles. The average Bonchev–Trinajstić information content (AvgIpc) is 2.28. The van der Waals surface area contributed by atoms with E-state index in [0.717, 1.165) is 18.9 Å². The molecule has 5 heteroatoms. The van der Waals surface area contributed by atoms with E-state index in [4.69, 9.17) is 0 Å². The van der Waals surface area contributed by atoms with E-state index in [-0.39, 0.29) is 5.56 Å². The van der Waals surface area contributed by atoms with E-state index in [1.54, 1.807) is 0 Å².